The lowest BCUT2D eigenvalue weighted by Gasteiger charge is -2.37. The summed E-state index contributed by atoms with van der Waals surface area (Å²) in [5, 5.41) is 28.0. The van der Waals surface area contributed by atoms with Crippen LogP contribution in [-0.2, 0) is 5.54 Å². The molecule has 3 aromatic rings. The fourth-order valence-corrected chi connectivity index (χ4v) is 4.07. The van der Waals surface area contributed by atoms with Crippen molar-refractivity contribution in [3.8, 4) is 23.3 Å². The number of pyridine rings is 1. The minimum Gasteiger partial charge on any atom is -0.265 e. The first-order valence-electron chi connectivity index (χ1n) is 8.60. The number of nitrogens with zero attached hydrogens (tertiary/aromatic N) is 6. The minimum absolute atomic E-state index is 0.0798. The predicted octanol–water partition coefficient (Wildman–Crippen LogP) is 4.17. The van der Waals surface area contributed by atoms with Crippen LogP contribution in [0.5, 0.6) is 0 Å². The summed E-state index contributed by atoms with van der Waals surface area (Å²) in [6.07, 6.45) is 10.9. The topological polar surface area (TPSA) is 82.7 Å². The number of fused-ring (bicyclic) bond motifs is 1. The van der Waals surface area contributed by atoms with Crippen molar-refractivity contribution in [2.75, 3.05) is 0 Å². The van der Waals surface area contributed by atoms with E-state index in [1.165, 1.54) is 0 Å². The maximum atomic E-state index is 9.36. The third kappa shape index (κ3) is 2.73. The van der Waals surface area contributed by atoms with Crippen LogP contribution in [0.25, 0.3) is 16.6 Å². The van der Waals surface area contributed by atoms with Crippen LogP contribution in [0.15, 0.2) is 36.9 Å². The van der Waals surface area contributed by atoms with Crippen LogP contribution in [-0.4, -0.2) is 19.4 Å². The Kier molecular flexibility index (Phi) is 4.14. The van der Waals surface area contributed by atoms with E-state index in [4.69, 9.17) is 16.9 Å². The van der Waals surface area contributed by atoms with Crippen LogP contribution in [0.2, 0.25) is 5.02 Å². The van der Waals surface area contributed by atoms with Crippen molar-refractivity contribution in [3.05, 3.63) is 41.9 Å². The number of hydrogen-bond acceptors (Lipinski definition) is 4. The standard InChI is InChI=1S/C19H17ClN6/c20-16-9-17(18-3-8-23-25(18)13-16)15-11-24-26(12-15)19(6-7-21)4-1-14(10-22)2-5-19/h3,8-9,11-14H,1-2,4-6H2. The van der Waals surface area contributed by atoms with Gasteiger partial charge in [0.25, 0.3) is 0 Å². The van der Waals surface area contributed by atoms with E-state index in [9.17, 15) is 5.26 Å². The van der Waals surface area contributed by atoms with Crippen molar-refractivity contribution < 1.29 is 0 Å². The highest BCUT2D eigenvalue weighted by atomic mass is 35.5. The maximum absolute atomic E-state index is 9.36. The van der Waals surface area contributed by atoms with Gasteiger partial charge in [-0.2, -0.15) is 20.7 Å². The molecule has 0 aromatic carbocycles. The van der Waals surface area contributed by atoms with Gasteiger partial charge < -0.3 is 0 Å². The van der Waals surface area contributed by atoms with Crippen LogP contribution in [0.3, 0.4) is 0 Å². The van der Waals surface area contributed by atoms with E-state index in [0.29, 0.717) is 11.4 Å². The van der Waals surface area contributed by atoms with Gasteiger partial charge in [-0.15, -0.1) is 0 Å². The first kappa shape index (κ1) is 16.6. The van der Waals surface area contributed by atoms with Gasteiger partial charge >= 0.3 is 0 Å². The second-order valence-corrected chi connectivity index (χ2v) is 7.31. The third-order valence-electron chi connectivity index (χ3n) is 5.36. The van der Waals surface area contributed by atoms with E-state index in [1.807, 2.05) is 29.2 Å². The van der Waals surface area contributed by atoms with Gasteiger partial charge in [0.15, 0.2) is 0 Å². The Balaban J connectivity index is 1.74. The van der Waals surface area contributed by atoms with Gasteiger partial charge in [-0.3, -0.25) is 4.68 Å². The molecule has 1 aliphatic carbocycles. The summed E-state index contributed by atoms with van der Waals surface area (Å²) in [5.74, 6) is 0.0798. The highest BCUT2D eigenvalue weighted by molar-refractivity contribution is 6.30. The molecule has 130 valence electrons. The molecule has 3 heterocycles. The molecular weight excluding hydrogens is 348 g/mol. The van der Waals surface area contributed by atoms with Crippen LogP contribution in [0.1, 0.15) is 32.1 Å². The average Bonchev–Trinajstić information content (AvgIpc) is 3.31. The Morgan fingerprint density at radius 3 is 2.77 bits per heavy atom. The second-order valence-electron chi connectivity index (χ2n) is 6.87. The molecule has 26 heavy (non-hydrogen) atoms. The van der Waals surface area contributed by atoms with Crippen molar-refractivity contribution in [3.63, 3.8) is 0 Å². The molecule has 0 unspecified atom stereocenters. The predicted molar refractivity (Wildman–Crippen MR) is 97.2 cm³/mol. The molecule has 0 spiro atoms. The molecular formula is C19H17ClN6. The lowest BCUT2D eigenvalue weighted by molar-refractivity contribution is 0.160. The second kappa shape index (κ2) is 6.48. The quantitative estimate of drug-likeness (QED) is 0.698. The van der Waals surface area contributed by atoms with Crippen LogP contribution in [0.4, 0.5) is 0 Å². The monoisotopic (exact) mass is 364 g/mol. The van der Waals surface area contributed by atoms with Crippen molar-refractivity contribution >= 4 is 17.1 Å². The van der Waals surface area contributed by atoms with Crippen LogP contribution >= 0.6 is 11.6 Å². The Bertz CT molecular complexity index is 1030. The summed E-state index contributed by atoms with van der Waals surface area (Å²) < 4.78 is 3.67. The summed E-state index contributed by atoms with van der Waals surface area (Å²) in [4.78, 5) is 0. The van der Waals surface area contributed by atoms with Gasteiger partial charge in [0.1, 0.15) is 0 Å². The van der Waals surface area contributed by atoms with E-state index < -0.39 is 0 Å². The van der Waals surface area contributed by atoms with E-state index in [2.05, 4.69) is 22.3 Å². The largest absolute Gasteiger partial charge is 0.265 e. The molecule has 1 fully saturated rings. The molecule has 1 saturated carbocycles. The zero-order chi connectivity index (χ0) is 18.1. The summed E-state index contributed by atoms with van der Waals surface area (Å²) in [6.45, 7) is 0. The molecule has 3 aromatic heterocycles. The first-order chi connectivity index (χ1) is 12.6. The normalized spacial score (nSPS) is 22.8. The molecule has 0 atom stereocenters. The zero-order valence-corrected chi connectivity index (χ0v) is 14.9. The molecule has 6 nitrogen and oxygen atoms in total. The number of hydrogen-bond donors (Lipinski definition) is 0. The van der Waals surface area contributed by atoms with Crippen LogP contribution < -0.4 is 0 Å². The van der Waals surface area contributed by atoms with E-state index in [1.54, 1.807) is 16.9 Å². The van der Waals surface area contributed by atoms with Crippen LogP contribution in [0, 0.1) is 28.6 Å². The zero-order valence-electron chi connectivity index (χ0n) is 14.1. The van der Waals surface area contributed by atoms with Gasteiger partial charge in [-0.25, -0.2) is 4.52 Å². The van der Waals surface area contributed by atoms with Crippen molar-refractivity contribution in [2.24, 2.45) is 5.92 Å². The van der Waals surface area contributed by atoms with Gasteiger partial charge in [0.2, 0.25) is 0 Å². The number of rotatable bonds is 3. The summed E-state index contributed by atoms with van der Waals surface area (Å²) in [5.41, 5.74) is 2.52. The number of nitriles is 2. The molecule has 0 bridgehead atoms. The Hall–Kier alpha value is -2.83. The van der Waals surface area contributed by atoms with E-state index >= 15 is 0 Å². The highest BCUT2D eigenvalue weighted by Crippen LogP contribution is 2.40. The average molecular weight is 365 g/mol. The summed E-state index contributed by atoms with van der Waals surface area (Å²) in [6, 6.07) is 8.51. The third-order valence-corrected chi connectivity index (χ3v) is 5.57. The minimum atomic E-state index is -0.338. The molecule has 1 aliphatic rings. The maximum Gasteiger partial charge on any atom is 0.0758 e. The van der Waals surface area contributed by atoms with Crippen molar-refractivity contribution in [1.82, 2.24) is 19.4 Å². The number of halogens is 1. The molecule has 0 aliphatic heterocycles. The molecule has 4 rings (SSSR count). The van der Waals surface area contributed by atoms with Crippen molar-refractivity contribution in [2.45, 2.75) is 37.6 Å². The fraction of sp³-hybridized carbons (Fsp3) is 0.368. The Labute approximate surface area is 156 Å². The lowest BCUT2D eigenvalue weighted by atomic mass is 9.75. The molecule has 7 heteroatoms. The van der Waals surface area contributed by atoms with Gasteiger partial charge in [-0.1, -0.05) is 11.6 Å². The smallest absolute Gasteiger partial charge is 0.0758 e. The highest BCUT2D eigenvalue weighted by Gasteiger charge is 2.37. The molecule has 0 N–H and O–H groups in total. The number of aromatic nitrogens is 4. The van der Waals surface area contributed by atoms with Gasteiger partial charge in [0, 0.05) is 29.4 Å². The van der Waals surface area contributed by atoms with Gasteiger partial charge in [0.05, 0.1) is 47.0 Å². The van der Waals surface area contributed by atoms with Crippen molar-refractivity contribution in [1.29, 1.82) is 10.5 Å². The molecule has 0 saturated heterocycles. The summed E-state index contributed by atoms with van der Waals surface area (Å²) in [7, 11) is 0. The lowest BCUT2D eigenvalue weighted by Crippen LogP contribution is -2.37. The molecule has 0 amide bonds. The fourth-order valence-electron chi connectivity index (χ4n) is 3.87. The first-order valence-corrected chi connectivity index (χ1v) is 8.98. The Morgan fingerprint density at radius 1 is 1.23 bits per heavy atom. The van der Waals surface area contributed by atoms with Gasteiger partial charge in [-0.05, 0) is 37.8 Å². The SMILES string of the molecule is N#CCC1(n2cc(-c3cc(Cl)cn4nccc34)cn2)CCC(C#N)CC1. The van der Waals surface area contributed by atoms with E-state index in [-0.39, 0.29) is 11.5 Å². The Morgan fingerprint density at radius 2 is 2.04 bits per heavy atom. The van der Waals surface area contributed by atoms with E-state index in [0.717, 1.165) is 42.3 Å². The molecule has 0 radical (unpaired) electrons. The summed E-state index contributed by atoms with van der Waals surface area (Å²) >= 11 is 6.23.